The maximum absolute atomic E-state index is 13.0. The third kappa shape index (κ3) is 4.33. The number of hydrogen-bond donors (Lipinski definition) is 0. The molecule has 2 saturated heterocycles. The highest BCUT2D eigenvalue weighted by Gasteiger charge is 2.31. The van der Waals surface area contributed by atoms with Crippen LogP contribution in [-0.2, 0) is 10.0 Å². The average molecular weight is 447 g/mol. The molecule has 166 valence electrons. The fourth-order valence-electron chi connectivity index (χ4n) is 4.01. The first-order valence-corrected chi connectivity index (χ1v) is 11.8. The van der Waals surface area contributed by atoms with Gasteiger partial charge in [0.1, 0.15) is 5.82 Å². The number of nitrogens with zero attached hydrogens (tertiary/aromatic N) is 6. The molecule has 31 heavy (non-hydrogen) atoms. The maximum atomic E-state index is 13.0. The lowest BCUT2D eigenvalue weighted by Crippen LogP contribution is -2.49. The summed E-state index contributed by atoms with van der Waals surface area (Å²) in [5.41, 5.74) is 1.12. The van der Waals surface area contributed by atoms with E-state index in [9.17, 15) is 18.5 Å². The van der Waals surface area contributed by atoms with Crippen LogP contribution in [0.5, 0.6) is 0 Å². The van der Waals surface area contributed by atoms with E-state index in [0.29, 0.717) is 24.6 Å². The molecule has 0 atom stereocenters. The molecule has 0 aliphatic carbocycles. The number of hydrogen-bond acceptors (Lipinski definition) is 8. The van der Waals surface area contributed by atoms with E-state index in [-0.39, 0.29) is 23.7 Å². The Morgan fingerprint density at radius 3 is 2.26 bits per heavy atom. The first-order valence-electron chi connectivity index (χ1n) is 10.4. The zero-order chi connectivity index (χ0) is 22.2. The Kier molecular flexibility index (Phi) is 5.80. The van der Waals surface area contributed by atoms with Crippen LogP contribution in [0.25, 0.3) is 0 Å². The molecule has 10 nitrogen and oxygen atoms in total. The normalized spacial score (nSPS) is 17.9. The molecule has 2 aliphatic rings. The van der Waals surface area contributed by atoms with E-state index in [1.54, 1.807) is 6.92 Å². The van der Waals surface area contributed by atoms with Crippen LogP contribution in [0.4, 0.5) is 17.5 Å². The lowest BCUT2D eigenvalue weighted by Gasteiger charge is -2.34. The van der Waals surface area contributed by atoms with Crippen molar-refractivity contribution in [1.82, 2.24) is 14.3 Å². The standard InChI is InChI=1S/C20H26N6O4S/c1-15-5-6-17(14-18(15)26(27)28)31(29,30)25-11-9-24(10-12-25)20-21-16(2)13-19(22-20)23-7-3-4-8-23/h5-6,13-14H,3-4,7-12H2,1-2H3. The summed E-state index contributed by atoms with van der Waals surface area (Å²) in [5, 5.41) is 11.2. The molecule has 1 aromatic heterocycles. The molecule has 0 N–H and O–H groups in total. The van der Waals surface area contributed by atoms with Gasteiger partial charge in [-0.3, -0.25) is 10.1 Å². The van der Waals surface area contributed by atoms with Gasteiger partial charge < -0.3 is 9.80 Å². The van der Waals surface area contributed by atoms with Crippen molar-refractivity contribution < 1.29 is 13.3 Å². The van der Waals surface area contributed by atoms with Gasteiger partial charge in [0.2, 0.25) is 16.0 Å². The van der Waals surface area contributed by atoms with E-state index in [1.165, 1.54) is 16.4 Å². The fourth-order valence-corrected chi connectivity index (χ4v) is 5.45. The second-order valence-corrected chi connectivity index (χ2v) is 9.90. The van der Waals surface area contributed by atoms with Gasteiger partial charge in [-0.1, -0.05) is 6.07 Å². The predicted octanol–water partition coefficient (Wildman–Crippen LogP) is 2.11. The number of aryl methyl sites for hydroxylation is 2. The molecule has 1 aromatic carbocycles. The number of piperazine rings is 1. The Morgan fingerprint density at radius 1 is 0.935 bits per heavy atom. The van der Waals surface area contributed by atoms with Crippen LogP contribution in [0, 0.1) is 24.0 Å². The van der Waals surface area contributed by atoms with E-state index < -0.39 is 14.9 Å². The zero-order valence-corrected chi connectivity index (χ0v) is 18.5. The summed E-state index contributed by atoms with van der Waals surface area (Å²) < 4.78 is 27.5. The number of rotatable bonds is 5. The molecule has 0 amide bonds. The highest BCUT2D eigenvalue weighted by molar-refractivity contribution is 7.89. The highest BCUT2D eigenvalue weighted by atomic mass is 32.2. The average Bonchev–Trinajstić information content (AvgIpc) is 3.28. The Hall–Kier alpha value is -2.79. The number of nitro benzene ring substituents is 1. The summed E-state index contributed by atoms with van der Waals surface area (Å²) in [6, 6.07) is 6.03. The minimum absolute atomic E-state index is 0.0543. The first-order chi connectivity index (χ1) is 14.8. The Bertz CT molecular complexity index is 1090. The molecule has 2 aliphatic heterocycles. The van der Waals surface area contributed by atoms with Crippen LogP contribution in [-0.4, -0.2) is 66.9 Å². The third-order valence-corrected chi connectivity index (χ3v) is 7.69. The predicted molar refractivity (Wildman–Crippen MR) is 117 cm³/mol. The highest BCUT2D eigenvalue weighted by Crippen LogP contribution is 2.26. The van der Waals surface area contributed by atoms with Crippen LogP contribution in [0.1, 0.15) is 24.1 Å². The quantitative estimate of drug-likeness (QED) is 0.507. The Morgan fingerprint density at radius 2 is 1.61 bits per heavy atom. The summed E-state index contributed by atoms with van der Waals surface area (Å²) in [6.45, 7) is 6.95. The summed E-state index contributed by atoms with van der Waals surface area (Å²) in [7, 11) is -3.82. The van der Waals surface area contributed by atoms with Gasteiger partial charge in [-0.2, -0.15) is 9.29 Å². The zero-order valence-electron chi connectivity index (χ0n) is 17.7. The molecule has 4 rings (SSSR count). The smallest absolute Gasteiger partial charge is 0.273 e. The fraction of sp³-hybridized carbons (Fsp3) is 0.500. The van der Waals surface area contributed by atoms with Crippen molar-refractivity contribution in [2.75, 3.05) is 49.1 Å². The van der Waals surface area contributed by atoms with E-state index >= 15 is 0 Å². The van der Waals surface area contributed by atoms with E-state index in [1.807, 2.05) is 17.9 Å². The molecular formula is C20H26N6O4S. The van der Waals surface area contributed by atoms with Crippen LogP contribution in [0.2, 0.25) is 0 Å². The SMILES string of the molecule is Cc1cc(N2CCCC2)nc(N2CCN(S(=O)(=O)c3ccc(C)c([N+](=O)[O-])c3)CC2)n1. The molecule has 2 fully saturated rings. The number of aromatic nitrogens is 2. The molecule has 11 heteroatoms. The molecule has 0 unspecified atom stereocenters. The van der Waals surface area contributed by atoms with Gasteiger partial charge in [-0.25, -0.2) is 13.4 Å². The molecule has 0 bridgehead atoms. The Labute approximate surface area is 181 Å². The molecular weight excluding hydrogens is 420 g/mol. The van der Waals surface area contributed by atoms with E-state index in [4.69, 9.17) is 4.98 Å². The minimum Gasteiger partial charge on any atom is -0.356 e. The van der Waals surface area contributed by atoms with Crippen LogP contribution < -0.4 is 9.80 Å². The topological polar surface area (TPSA) is 113 Å². The summed E-state index contributed by atoms with van der Waals surface area (Å²) in [4.78, 5) is 24.1. The molecule has 0 spiro atoms. The van der Waals surface area contributed by atoms with Crippen LogP contribution >= 0.6 is 0 Å². The number of sulfonamides is 1. The lowest BCUT2D eigenvalue weighted by atomic mass is 10.2. The van der Waals surface area contributed by atoms with Crippen molar-refractivity contribution in [2.45, 2.75) is 31.6 Å². The molecule has 3 heterocycles. The lowest BCUT2D eigenvalue weighted by molar-refractivity contribution is -0.385. The van der Waals surface area contributed by atoms with Gasteiger partial charge in [0.25, 0.3) is 5.69 Å². The monoisotopic (exact) mass is 446 g/mol. The van der Waals surface area contributed by atoms with Crippen molar-refractivity contribution in [3.63, 3.8) is 0 Å². The van der Waals surface area contributed by atoms with Gasteiger partial charge in [0.15, 0.2) is 0 Å². The second kappa shape index (κ2) is 8.39. The maximum Gasteiger partial charge on any atom is 0.273 e. The van der Waals surface area contributed by atoms with Crippen molar-refractivity contribution in [3.05, 3.63) is 45.6 Å². The second-order valence-electron chi connectivity index (χ2n) is 7.96. The van der Waals surface area contributed by atoms with Crippen LogP contribution in [0.3, 0.4) is 0 Å². The van der Waals surface area contributed by atoms with E-state index in [2.05, 4.69) is 9.88 Å². The van der Waals surface area contributed by atoms with Crippen molar-refractivity contribution >= 4 is 27.5 Å². The van der Waals surface area contributed by atoms with Gasteiger partial charge >= 0.3 is 0 Å². The largest absolute Gasteiger partial charge is 0.356 e. The number of anilines is 2. The summed E-state index contributed by atoms with van der Waals surface area (Å²) in [6.07, 6.45) is 2.32. The van der Waals surface area contributed by atoms with Gasteiger partial charge in [0, 0.05) is 62.7 Å². The van der Waals surface area contributed by atoms with Crippen molar-refractivity contribution in [3.8, 4) is 0 Å². The van der Waals surface area contributed by atoms with Gasteiger partial charge in [-0.05, 0) is 32.8 Å². The third-order valence-electron chi connectivity index (χ3n) is 5.80. The Balaban J connectivity index is 1.50. The van der Waals surface area contributed by atoms with Gasteiger partial charge in [-0.15, -0.1) is 0 Å². The molecule has 2 aromatic rings. The van der Waals surface area contributed by atoms with Crippen molar-refractivity contribution in [2.24, 2.45) is 0 Å². The number of benzene rings is 1. The summed E-state index contributed by atoms with van der Waals surface area (Å²) >= 11 is 0. The van der Waals surface area contributed by atoms with Crippen molar-refractivity contribution in [1.29, 1.82) is 0 Å². The molecule has 0 saturated carbocycles. The summed E-state index contributed by atoms with van der Waals surface area (Å²) in [5.74, 6) is 1.53. The van der Waals surface area contributed by atoms with Crippen LogP contribution in [0.15, 0.2) is 29.2 Å². The minimum atomic E-state index is -3.82. The van der Waals surface area contributed by atoms with E-state index in [0.717, 1.165) is 43.5 Å². The first kappa shape index (κ1) is 21.4. The molecule has 0 radical (unpaired) electrons. The number of nitro groups is 1. The van der Waals surface area contributed by atoms with Gasteiger partial charge in [0.05, 0.1) is 9.82 Å².